The van der Waals surface area contributed by atoms with E-state index < -0.39 is 0 Å². The molecule has 0 atom stereocenters. The van der Waals surface area contributed by atoms with Gasteiger partial charge >= 0.3 is 0 Å². The Labute approximate surface area is 128 Å². The van der Waals surface area contributed by atoms with Gasteiger partial charge in [0.25, 0.3) is 0 Å². The first-order valence-corrected chi connectivity index (χ1v) is 7.29. The average molecular weight is 386 g/mol. The molecule has 0 aliphatic heterocycles. The lowest BCUT2D eigenvalue weighted by Crippen LogP contribution is -2.05. The molecule has 0 radical (unpaired) electrons. The van der Waals surface area contributed by atoms with E-state index in [0.717, 1.165) is 14.5 Å². The number of aryl methyl sites for hydroxylation is 1. The maximum absolute atomic E-state index is 13.6. The minimum Gasteiger partial charge on any atom is -0.294 e. The maximum atomic E-state index is 13.6. The van der Waals surface area contributed by atoms with Crippen LogP contribution in [0.2, 0.25) is 0 Å². The molecule has 1 nitrogen and oxygen atoms in total. The van der Waals surface area contributed by atoms with Crippen LogP contribution in [0.4, 0.5) is 4.39 Å². The van der Waals surface area contributed by atoms with Gasteiger partial charge in [-0.1, -0.05) is 44.0 Å². The van der Waals surface area contributed by atoms with E-state index in [4.69, 9.17) is 0 Å². The Morgan fingerprint density at radius 2 is 1.89 bits per heavy atom. The minimum atomic E-state index is -0.359. The van der Waals surface area contributed by atoms with Crippen LogP contribution < -0.4 is 0 Å². The highest BCUT2D eigenvalue weighted by Gasteiger charge is 2.12. The molecular formula is C15H11Br2FO. The molecule has 4 heteroatoms. The summed E-state index contributed by atoms with van der Waals surface area (Å²) < 4.78 is 15.3. The summed E-state index contributed by atoms with van der Waals surface area (Å²) in [5, 5.41) is 0. The van der Waals surface area contributed by atoms with Gasteiger partial charge in [0, 0.05) is 20.9 Å². The fourth-order valence-electron chi connectivity index (χ4n) is 1.72. The molecule has 0 unspecified atom stereocenters. The van der Waals surface area contributed by atoms with Crippen molar-refractivity contribution in [3.8, 4) is 0 Å². The van der Waals surface area contributed by atoms with Crippen LogP contribution in [0.1, 0.15) is 21.5 Å². The summed E-state index contributed by atoms with van der Waals surface area (Å²) in [6, 6.07) is 10.0. The Morgan fingerprint density at radius 1 is 1.16 bits per heavy atom. The number of hydrogen-bond donors (Lipinski definition) is 0. The number of rotatable bonds is 3. The minimum absolute atomic E-state index is 0.0563. The Balaban J connectivity index is 2.25. The molecule has 0 aromatic heterocycles. The lowest BCUT2D eigenvalue weighted by Gasteiger charge is -2.05. The molecule has 0 saturated heterocycles. The summed E-state index contributed by atoms with van der Waals surface area (Å²) in [5.41, 5.74) is 2.04. The highest BCUT2D eigenvalue weighted by Crippen LogP contribution is 2.21. The van der Waals surface area contributed by atoms with Gasteiger partial charge in [-0.15, -0.1) is 0 Å². The summed E-state index contributed by atoms with van der Waals surface area (Å²) in [4.78, 5) is 12.1. The van der Waals surface area contributed by atoms with E-state index in [0.29, 0.717) is 11.1 Å². The fraction of sp³-hybridized carbons (Fsp3) is 0.133. The topological polar surface area (TPSA) is 17.1 Å². The number of carbonyl (C=O) groups excluding carboxylic acids is 1. The van der Waals surface area contributed by atoms with Crippen molar-refractivity contribution in [3.63, 3.8) is 0 Å². The molecule has 2 aromatic rings. The summed E-state index contributed by atoms with van der Waals surface area (Å²) >= 11 is 6.67. The molecule has 0 saturated carbocycles. The molecule has 98 valence electrons. The SMILES string of the molecule is Cc1ccc(C(=O)Cc2cc(Br)ccc2F)cc1Br. The van der Waals surface area contributed by atoms with E-state index in [9.17, 15) is 9.18 Å². The van der Waals surface area contributed by atoms with Crippen molar-refractivity contribution in [3.05, 3.63) is 67.9 Å². The zero-order valence-electron chi connectivity index (χ0n) is 10.2. The summed E-state index contributed by atoms with van der Waals surface area (Å²) in [6.07, 6.45) is 0.0563. The normalized spacial score (nSPS) is 10.5. The van der Waals surface area contributed by atoms with E-state index in [2.05, 4.69) is 31.9 Å². The fourth-order valence-corrected chi connectivity index (χ4v) is 2.51. The summed E-state index contributed by atoms with van der Waals surface area (Å²) in [6.45, 7) is 1.95. The molecule has 0 aliphatic rings. The van der Waals surface area contributed by atoms with Crippen molar-refractivity contribution in [1.29, 1.82) is 0 Å². The van der Waals surface area contributed by atoms with E-state index >= 15 is 0 Å². The molecular weight excluding hydrogens is 375 g/mol. The van der Waals surface area contributed by atoms with Crippen LogP contribution in [0.25, 0.3) is 0 Å². The van der Waals surface area contributed by atoms with Crippen LogP contribution in [0.15, 0.2) is 45.3 Å². The first-order chi connectivity index (χ1) is 8.97. The molecule has 0 bridgehead atoms. The van der Waals surface area contributed by atoms with E-state index in [1.807, 2.05) is 13.0 Å². The number of carbonyl (C=O) groups is 1. The number of hydrogen-bond acceptors (Lipinski definition) is 1. The van der Waals surface area contributed by atoms with Crippen molar-refractivity contribution < 1.29 is 9.18 Å². The second kappa shape index (κ2) is 5.97. The van der Waals surface area contributed by atoms with Crippen LogP contribution in [0.5, 0.6) is 0 Å². The third-order valence-electron chi connectivity index (χ3n) is 2.85. The number of Topliss-reactive ketones (excluding diaryl/α,β-unsaturated/α-hetero) is 1. The molecule has 0 amide bonds. The van der Waals surface area contributed by atoms with Gasteiger partial charge in [-0.2, -0.15) is 0 Å². The molecule has 0 aliphatic carbocycles. The monoisotopic (exact) mass is 384 g/mol. The van der Waals surface area contributed by atoms with E-state index in [-0.39, 0.29) is 18.0 Å². The third kappa shape index (κ3) is 3.51. The molecule has 0 N–H and O–H groups in total. The average Bonchev–Trinajstić information content (AvgIpc) is 2.37. The molecule has 0 fully saturated rings. The standard InChI is InChI=1S/C15H11Br2FO/c1-9-2-3-10(7-13(9)17)15(19)8-11-6-12(16)4-5-14(11)18/h2-7H,8H2,1H3. The van der Waals surface area contributed by atoms with Crippen molar-refractivity contribution in [1.82, 2.24) is 0 Å². The first kappa shape index (κ1) is 14.4. The van der Waals surface area contributed by atoms with Gasteiger partial charge < -0.3 is 0 Å². The van der Waals surface area contributed by atoms with Crippen LogP contribution in [0.3, 0.4) is 0 Å². The maximum Gasteiger partial charge on any atom is 0.167 e. The number of benzene rings is 2. The lowest BCUT2D eigenvalue weighted by atomic mass is 10.0. The highest BCUT2D eigenvalue weighted by atomic mass is 79.9. The Morgan fingerprint density at radius 3 is 2.58 bits per heavy atom. The summed E-state index contributed by atoms with van der Waals surface area (Å²) in [7, 11) is 0. The zero-order chi connectivity index (χ0) is 14.0. The van der Waals surface area contributed by atoms with Crippen LogP contribution in [0, 0.1) is 12.7 Å². The van der Waals surface area contributed by atoms with Gasteiger partial charge in [-0.05, 0) is 42.3 Å². The predicted molar refractivity (Wildman–Crippen MR) is 81.0 cm³/mol. The second-order valence-electron chi connectivity index (χ2n) is 4.30. The van der Waals surface area contributed by atoms with Crippen molar-refractivity contribution >= 4 is 37.6 Å². The Bertz CT molecular complexity index is 638. The quantitative estimate of drug-likeness (QED) is 0.673. The zero-order valence-corrected chi connectivity index (χ0v) is 13.4. The van der Waals surface area contributed by atoms with Crippen LogP contribution in [-0.4, -0.2) is 5.78 Å². The predicted octanol–water partition coefficient (Wildman–Crippen LogP) is 5.08. The van der Waals surface area contributed by atoms with Crippen LogP contribution in [-0.2, 0) is 6.42 Å². The number of halogens is 3. The second-order valence-corrected chi connectivity index (χ2v) is 6.07. The van der Waals surface area contributed by atoms with E-state index in [1.54, 1.807) is 24.3 Å². The van der Waals surface area contributed by atoms with Gasteiger partial charge in [0.15, 0.2) is 5.78 Å². The molecule has 2 aromatic carbocycles. The Kier molecular flexibility index (Phi) is 4.53. The molecule has 2 rings (SSSR count). The van der Waals surface area contributed by atoms with Crippen LogP contribution >= 0.6 is 31.9 Å². The van der Waals surface area contributed by atoms with E-state index in [1.165, 1.54) is 6.07 Å². The summed E-state index contributed by atoms with van der Waals surface area (Å²) in [5.74, 6) is -0.458. The molecule has 19 heavy (non-hydrogen) atoms. The lowest BCUT2D eigenvalue weighted by molar-refractivity contribution is 0.0991. The van der Waals surface area contributed by atoms with Crippen molar-refractivity contribution in [2.75, 3.05) is 0 Å². The van der Waals surface area contributed by atoms with Gasteiger partial charge in [-0.25, -0.2) is 4.39 Å². The van der Waals surface area contributed by atoms with Gasteiger partial charge in [0.05, 0.1) is 0 Å². The smallest absolute Gasteiger partial charge is 0.167 e. The number of ketones is 1. The van der Waals surface area contributed by atoms with Crippen molar-refractivity contribution in [2.45, 2.75) is 13.3 Å². The Hall–Kier alpha value is -1.00. The first-order valence-electron chi connectivity index (χ1n) is 5.70. The van der Waals surface area contributed by atoms with Crippen molar-refractivity contribution in [2.24, 2.45) is 0 Å². The largest absolute Gasteiger partial charge is 0.294 e. The highest BCUT2D eigenvalue weighted by molar-refractivity contribution is 9.10. The molecule has 0 spiro atoms. The van der Waals surface area contributed by atoms with Gasteiger partial charge in [-0.3, -0.25) is 4.79 Å². The third-order valence-corrected chi connectivity index (χ3v) is 4.20. The van der Waals surface area contributed by atoms with Gasteiger partial charge in [0.1, 0.15) is 5.82 Å². The van der Waals surface area contributed by atoms with Gasteiger partial charge in [0.2, 0.25) is 0 Å². The molecule has 0 heterocycles.